The minimum atomic E-state index is -0.615. The van der Waals surface area contributed by atoms with Crippen molar-refractivity contribution in [2.75, 3.05) is 12.5 Å². The van der Waals surface area contributed by atoms with E-state index in [4.69, 9.17) is 27.9 Å². The normalized spacial score (nSPS) is 10.7. The van der Waals surface area contributed by atoms with Gasteiger partial charge in [-0.1, -0.05) is 23.2 Å². The molecule has 134 valence electrons. The van der Waals surface area contributed by atoms with Gasteiger partial charge < -0.3 is 4.74 Å². The summed E-state index contributed by atoms with van der Waals surface area (Å²) in [7, 11) is 1.53. The van der Waals surface area contributed by atoms with Crippen LogP contribution in [0.4, 0.5) is 11.5 Å². The van der Waals surface area contributed by atoms with Crippen LogP contribution in [0.15, 0.2) is 23.3 Å². The van der Waals surface area contributed by atoms with Crippen LogP contribution in [0.25, 0.3) is 0 Å². The summed E-state index contributed by atoms with van der Waals surface area (Å²) in [4.78, 5) is 14.6. The van der Waals surface area contributed by atoms with Crippen LogP contribution in [0.5, 0.6) is 0 Å². The van der Waals surface area contributed by atoms with E-state index in [0.717, 1.165) is 0 Å². The molecule has 8 nitrogen and oxygen atoms in total. The summed E-state index contributed by atoms with van der Waals surface area (Å²) in [6, 6.07) is 6.28. The van der Waals surface area contributed by atoms with E-state index in [1.54, 1.807) is 13.0 Å². The van der Waals surface area contributed by atoms with Crippen LogP contribution in [-0.2, 0) is 11.3 Å². The highest BCUT2D eigenvalue weighted by Crippen LogP contribution is 2.30. The van der Waals surface area contributed by atoms with E-state index in [2.05, 4.69) is 21.6 Å². The number of halogens is 2. The molecule has 0 radical (unpaired) electrons. The Bertz CT molecular complexity index is 925. The molecular formula is C16H13Cl2N5O3. The molecule has 0 saturated heterocycles. The lowest BCUT2D eigenvalue weighted by molar-refractivity contribution is -0.384. The predicted molar refractivity (Wildman–Crippen MR) is 98.7 cm³/mol. The molecule has 0 aliphatic heterocycles. The van der Waals surface area contributed by atoms with Crippen LogP contribution < -0.4 is 5.43 Å². The van der Waals surface area contributed by atoms with Crippen LogP contribution in [0.1, 0.15) is 22.4 Å². The second-order valence-corrected chi connectivity index (χ2v) is 5.96. The molecule has 2 rings (SSSR count). The van der Waals surface area contributed by atoms with Gasteiger partial charge in [0.05, 0.1) is 22.8 Å². The summed E-state index contributed by atoms with van der Waals surface area (Å²) in [5.74, 6) is 0.246. The Kier molecular flexibility index (Phi) is 6.46. The van der Waals surface area contributed by atoms with E-state index < -0.39 is 4.92 Å². The molecule has 1 heterocycles. The molecule has 0 bridgehead atoms. The second-order valence-electron chi connectivity index (χ2n) is 5.14. The van der Waals surface area contributed by atoms with Gasteiger partial charge in [-0.25, -0.2) is 4.98 Å². The molecule has 0 aliphatic rings. The van der Waals surface area contributed by atoms with Gasteiger partial charge in [-0.3, -0.25) is 15.5 Å². The smallest absolute Gasteiger partial charge is 0.288 e. The SMILES string of the molecule is COCc1cc(C)nc(N/N=C/c2cc([N+](=O)[O-])c(Cl)cc2Cl)c1C#N. The lowest BCUT2D eigenvalue weighted by Crippen LogP contribution is -2.03. The first kappa shape index (κ1) is 19.6. The predicted octanol–water partition coefficient (Wildman–Crippen LogP) is 4.07. The Morgan fingerprint density at radius 2 is 2.15 bits per heavy atom. The van der Waals surface area contributed by atoms with E-state index in [1.165, 1.54) is 25.5 Å². The van der Waals surface area contributed by atoms with Crippen molar-refractivity contribution in [3.63, 3.8) is 0 Å². The lowest BCUT2D eigenvalue weighted by Gasteiger charge is -2.09. The third-order valence-corrected chi connectivity index (χ3v) is 3.91. The van der Waals surface area contributed by atoms with Crippen molar-refractivity contribution >= 4 is 40.9 Å². The van der Waals surface area contributed by atoms with Gasteiger partial charge in [-0.2, -0.15) is 10.4 Å². The van der Waals surface area contributed by atoms with Gasteiger partial charge in [0.1, 0.15) is 16.7 Å². The molecule has 0 spiro atoms. The van der Waals surface area contributed by atoms with E-state index >= 15 is 0 Å². The van der Waals surface area contributed by atoms with Crippen molar-refractivity contribution in [3.8, 4) is 6.07 Å². The maximum absolute atomic E-state index is 11.0. The molecule has 10 heteroatoms. The number of ether oxygens (including phenoxy) is 1. The number of pyridine rings is 1. The number of hydrogen-bond donors (Lipinski definition) is 1. The zero-order valence-corrected chi connectivity index (χ0v) is 15.3. The number of methoxy groups -OCH3 is 1. The van der Waals surface area contributed by atoms with Crippen molar-refractivity contribution in [2.45, 2.75) is 13.5 Å². The number of benzene rings is 1. The van der Waals surface area contributed by atoms with E-state index in [1.807, 2.05) is 0 Å². The topological polar surface area (TPSA) is 113 Å². The number of hydrogen-bond acceptors (Lipinski definition) is 7. The number of hydrazone groups is 1. The minimum Gasteiger partial charge on any atom is -0.380 e. The summed E-state index contributed by atoms with van der Waals surface area (Å²) in [5, 5.41) is 24.4. The van der Waals surface area contributed by atoms with Crippen molar-refractivity contribution in [1.82, 2.24) is 4.98 Å². The summed E-state index contributed by atoms with van der Waals surface area (Å²) >= 11 is 11.8. The quantitative estimate of drug-likeness (QED) is 0.449. The number of aryl methyl sites for hydroxylation is 1. The molecule has 0 aliphatic carbocycles. The number of nitro groups is 1. The summed E-state index contributed by atoms with van der Waals surface area (Å²) in [6.45, 7) is 2.02. The summed E-state index contributed by atoms with van der Waals surface area (Å²) < 4.78 is 5.08. The fourth-order valence-corrected chi connectivity index (χ4v) is 2.67. The number of nitro benzene ring substituents is 1. The second kappa shape index (κ2) is 8.58. The van der Waals surface area contributed by atoms with Crippen LogP contribution >= 0.6 is 23.2 Å². The fraction of sp³-hybridized carbons (Fsp3) is 0.188. The Morgan fingerprint density at radius 3 is 2.77 bits per heavy atom. The molecule has 0 saturated carbocycles. The van der Waals surface area contributed by atoms with Crippen LogP contribution in [0, 0.1) is 28.4 Å². The van der Waals surface area contributed by atoms with Crippen molar-refractivity contribution in [3.05, 3.63) is 60.7 Å². The molecule has 0 amide bonds. The Morgan fingerprint density at radius 1 is 1.42 bits per heavy atom. The van der Waals surface area contributed by atoms with E-state index in [9.17, 15) is 15.4 Å². The maximum atomic E-state index is 11.0. The third kappa shape index (κ3) is 4.46. The van der Waals surface area contributed by atoms with E-state index in [-0.39, 0.29) is 28.2 Å². The first-order valence-electron chi connectivity index (χ1n) is 7.19. The average molecular weight is 394 g/mol. The molecular weight excluding hydrogens is 381 g/mol. The van der Waals surface area contributed by atoms with Crippen molar-refractivity contribution < 1.29 is 9.66 Å². The van der Waals surface area contributed by atoms with Crippen LogP contribution in [-0.4, -0.2) is 23.2 Å². The Labute approximate surface area is 159 Å². The average Bonchev–Trinajstić information content (AvgIpc) is 2.56. The summed E-state index contributed by atoms with van der Waals surface area (Å²) in [6.07, 6.45) is 1.28. The first-order valence-corrected chi connectivity index (χ1v) is 7.95. The Hall–Kier alpha value is -2.73. The van der Waals surface area contributed by atoms with Crippen LogP contribution in [0.3, 0.4) is 0 Å². The largest absolute Gasteiger partial charge is 0.380 e. The maximum Gasteiger partial charge on any atom is 0.288 e. The molecule has 0 unspecified atom stereocenters. The number of nitriles is 1. The highest BCUT2D eigenvalue weighted by molar-refractivity contribution is 6.37. The van der Waals surface area contributed by atoms with Gasteiger partial charge in [0.2, 0.25) is 0 Å². The molecule has 1 aromatic carbocycles. The number of nitrogens with one attached hydrogen (secondary N) is 1. The minimum absolute atomic E-state index is 0.0681. The standard InChI is InChI=1S/C16H13Cl2N5O3/c1-9-3-11(8-26-2)12(6-19)16(21-9)22-20-7-10-4-15(23(24)25)14(18)5-13(10)17/h3-5,7H,8H2,1-2H3,(H,21,22)/b20-7+. The van der Waals surface area contributed by atoms with Crippen molar-refractivity contribution in [2.24, 2.45) is 5.10 Å². The number of aromatic nitrogens is 1. The lowest BCUT2D eigenvalue weighted by atomic mass is 10.1. The van der Waals surface area contributed by atoms with Gasteiger partial charge >= 0.3 is 0 Å². The molecule has 0 fully saturated rings. The Balaban J connectivity index is 2.33. The molecule has 0 atom stereocenters. The number of anilines is 1. The van der Waals surface area contributed by atoms with Gasteiger partial charge in [-0.15, -0.1) is 0 Å². The van der Waals surface area contributed by atoms with Crippen LogP contribution in [0.2, 0.25) is 10.0 Å². The van der Waals surface area contributed by atoms with Gasteiger partial charge in [-0.05, 0) is 19.1 Å². The van der Waals surface area contributed by atoms with Gasteiger partial charge in [0, 0.05) is 30.0 Å². The zero-order valence-electron chi connectivity index (χ0n) is 13.8. The van der Waals surface area contributed by atoms with Crippen molar-refractivity contribution in [1.29, 1.82) is 5.26 Å². The first-order chi connectivity index (χ1) is 12.4. The fourth-order valence-electron chi connectivity index (χ4n) is 2.17. The monoisotopic (exact) mass is 393 g/mol. The van der Waals surface area contributed by atoms with Gasteiger partial charge in [0.25, 0.3) is 5.69 Å². The molecule has 1 N–H and O–H groups in total. The molecule has 1 aromatic heterocycles. The highest BCUT2D eigenvalue weighted by atomic mass is 35.5. The number of rotatable bonds is 6. The third-order valence-electron chi connectivity index (χ3n) is 3.28. The highest BCUT2D eigenvalue weighted by Gasteiger charge is 2.15. The van der Waals surface area contributed by atoms with Gasteiger partial charge in [0.15, 0.2) is 5.82 Å². The van der Waals surface area contributed by atoms with E-state index in [0.29, 0.717) is 22.4 Å². The molecule has 2 aromatic rings. The zero-order chi connectivity index (χ0) is 19.3. The number of nitrogens with zero attached hydrogens (tertiary/aromatic N) is 4. The summed E-state index contributed by atoms with van der Waals surface area (Å²) in [5.41, 5.74) is 4.30. The molecule has 26 heavy (non-hydrogen) atoms.